The number of carbonyl (C=O) groups is 2. The number of aromatic amines is 1. The molecule has 7 heteroatoms. The van der Waals surface area contributed by atoms with Gasteiger partial charge in [-0.3, -0.25) is 14.5 Å². The summed E-state index contributed by atoms with van der Waals surface area (Å²) in [4.78, 5) is 37.0. The first-order valence-electron chi connectivity index (χ1n) is 14.6. The van der Waals surface area contributed by atoms with E-state index in [1.54, 1.807) is 4.90 Å². The number of fused-ring (bicyclic) bond motifs is 1. The molecule has 3 aromatic rings. The van der Waals surface area contributed by atoms with Crippen LogP contribution in [0.3, 0.4) is 0 Å². The topological polar surface area (TPSA) is 71.7 Å². The Morgan fingerprint density at radius 2 is 1.69 bits per heavy atom. The Morgan fingerprint density at radius 3 is 2.46 bits per heavy atom. The van der Waals surface area contributed by atoms with Crippen LogP contribution >= 0.6 is 0 Å². The average molecular weight is 530 g/mol. The maximum absolute atomic E-state index is 13.7. The predicted molar refractivity (Wildman–Crippen MR) is 156 cm³/mol. The number of aryl methyl sites for hydroxylation is 1. The Hall–Kier alpha value is -3.16. The van der Waals surface area contributed by atoms with Crippen molar-refractivity contribution < 1.29 is 9.59 Å². The van der Waals surface area contributed by atoms with Crippen LogP contribution in [0.2, 0.25) is 0 Å². The summed E-state index contributed by atoms with van der Waals surface area (Å²) in [5, 5.41) is 4.22. The van der Waals surface area contributed by atoms with Gasteiger partial charge in [0.05, 0.1) is 6.54 Å². The lowest BCUT2D eigenvalue weighted by molar-refractivity contribution is -0.136. The molecule has 7 nitrogen and oxygen atoms in total. The van der Waals surface area contributed by atoms with Gasteiger partial charge in [0, 0.05) is 56.2 Å². The van der Waals surface area contributed by atoms with Crippen LogP contribution in [-0.4, -0.2) is 83.4 Å². The van der Waals surface area contributed by atoms with E-state index in [4.69, 9.17) is 0 Å². The van der Waals surface area contributed by atoms with Gasteiger partial charge >= 0.3 is 0 Å². The van der Waals surface area contributed by atoms with E-state index < -0.39 is 6.04 Å². The molecule has 1 aromatic heterocycles. The number of likely N-dealkylation sites (tertiary alicyclic amines) is 2. The number of hydrogen-bond donors (Lipinski definition) is 2. The summed E-state index contributed by atoms with van der Waals surface area (Å²) < 4.78 is 0. The maximum atomic E-state index is 13.7. The lowest BCUT2D eigenvalue weighted by Crippen LogP contribution is -2.52. The summed E-state index contributed by atoms with van der Waals surface area (Å²) in [5.74, 6) is -0.144. The van der Waals surface area contributed by atoms with E-state index in [0.29, 0.717) is 25.6 Å². The van der Waals surface area contributed by atoms with Gasteiger partial charge in [0.2, 0.25) is 11.8 Å². The van der Waals surface area contributed by atoms with Gasteiger partial charge in [-0.25, -0.2) is 0 Å². The van der Waals surface area contributed by atoms with Crippen LogP contribution in [0.1, 0.15) is 48.8 Å². The summed E-state index contributed by atoms with van der Waals surface area (Å²) in [6, 6.07) is 16.3. The highest BCUT2D eigenvalue weighted by Crippen LogP contribution is 2.22. The van der Waals surface area contributed by atoms with Gasteiger partial charge in [-0.05, 0) is 68.5 Å². The standard InChI is InChI=1S/C32H43N5O2/c1-24-10-4-5-11-25(24)22-35(2)32(39)30(20-26-21-33-29-13-7-6-12-28(26)29)34-31(38)23-36-18-14-27(15-19-36)37-16-8-3-9-17-37/h4-7,10-13,21,27,30,33H,3,8-9,14-20,22-23H2,1-2H3,(H,34,38). The minimum Gasteiger partial charge on any atom is -0.361 e. The molecule has 0 radical (unpaired) electrons. The fourth-order valence-corrected chi connectivity index (χ4v) is 6.28. The van der Waals surface area contributed by atoms with Gasteiger partial charge in [-0.15, -0.1) is 0 Å². The molecule has 0 saturated carbocycles. The first kappa shape index (κ1) is 27.4. The number of hydrogen-bond acceptors (Lipinski definition) is 4. The maximum Gasteiger partial charge on any atom is 0.245 e. The van der Waals surface area contributed by atoms with E-state index in [1.165, 1.54) is 32.4 Å². The Kier molecular flexibility index (Phi) is 8.99. The number of likely N-dealkylation sites (N-methyl/N-ethyl adjacent to an activating group) is 1. The first-order chi connectivity index (χ1) is 19.0. The highest BCUT2D eigenvalue weighted by molar-refractivity contribution is 5.90. The lowest BCUT2D eigenvalue weighted by Gasteiger charge is -2.40. The van der Waals surface area contributed by atoms with Crippen LogP contribution in [0, 0.1) is 6.92 Å². The zero-order valence-corrected chi connectivity index (χ0v) is 23.5. The Balaban J connectivity index is 1.24. The zero-order chi connectivity index (χ0) is 27.2. The Morgan fingerprint density at radius 1 is 0.974 bits per heavy atom. The second kappa shape index (κ2) is 12.8. The van der Waals surface area contributed by atoms with E-state index in [9.17, 15) is 9.59 Å². The molecule has 1 unspecified atom stereocenters. The third-order valence-corrected chi connectivity index (χ3v) is 8.61. The molecule has 2 N–H and O–H groups in total. The van der Waals surface area contributed by atoms with E-state index >= 15 is 0 Å². The monoisotopic (exact) mass is 529 g/mol. The number of para-hydroxylation sites is 1. The number of nitrogens with zero attached hydrogens (tertiary/aromatic N) is 3. The third-order valence-electron chi connectivity index (χ3n) is 8.61. The van der Waals surface area contributed by atoms with Crippen molar-refractivity contribution in [2.24, 2.45) is 0 Å². The molecule has 2 aromatic carbocycles. The van der Waals surface area contributed by atoms with Crippen LogP contribution in [0.5, 0.6) is 0 Å². The van der Waals surface area contributed by atoms with Crippen LogP contribution in [-0.2, 0) is 22.6 Å². The fourth-order valence-electron chi connectivity index (χ4n) is 6.28. The second-order valence-corrected chi connectivity index (χ2v) is 11.4. The van der Waals surface area contributed by atoms with E-state index in [0.717, 1.165) is 53.5 Å². The molecule has 0 aliphatic carbocycles. The Labute approximate surface area is 232 Å². The van der Waals surface area contributed by atoms with Crippen LogP contribution in [0.4, 0.5) is 0 Å². The number of piperidine rings is 2. The smallest absolute Gasteiger partial charge is 0.245 e. The molecule has 208 valence electrons. The molecular formula is C32H43N5O2. The van der Waals surface area contributed by atoms with Gasteiger partial charge in [0.1, 0.15) is 6.04 Å². The summed E-state index contributed by atoms with van der Waals surface area (Å²) in [6.45, 7) is 7.22. The van der Waals surface area contributed by atoms with Crippen molar-refractivity contribution >= 4 is 22.7 Å². The molecule has 3 heterocycles. The van der Waals surface area contributed by atoms with Gasteiger partial charge < -0.3 is 20.1 Å². The first-order valence-corrected chi connectivity index (χ1v) is 14.6. The number of nitrogens with one attached hydrogen (secondary N) is 2. The van der Waals surface area contributed by atoms with Crippen molar-refractivity contribution in [2.75, 3.05) is 39.8 Å². The molecule has 2 aliphatic heterocycles. The van der Waals surface area contributed by atoms with Gasteiger partial charge in [0.15, 0.2) is 0 Å². The van der Waals surface area contributed by atoms with E-state index in [2.05, 4.69) is 45.2 Å². The number of rotatable bonds is 9. The molecule has 2 aliphatic rings. The zero-order valence-electron chi connectivity index (χ0n) is 23.5. The third kappa shape index (κ3) is 6.89. The summed E-state index contributed by atoms with van der Waals surface area (Å²) in [5.41, 5.74) is 4.34. The van der Waals surface area contributed by atoms with Crippen molar-refractivity contribution in [2.45, 2.75) is 64.1 Å². The van der Waals surface area contributed by atoms with Crippen LogP contribution in [0.25, 0.3) is 10.9 Å². The quantitative estimate of drug-likeness (QED) is 0.438. The molecule has 0 bridgehead atoms. The van der Waals surface area contributed by atoms with Gasteiger partial charge in [-0.2, -0.15) is 0 Å². The highest BCUT2D eigenvalue weighted by Gasteiger charge is 2.29. The SMILES string of the molecule is Cc1ccccc1CN(C)C(=O)C(Cc1c[nH]c2ccccc12)NC(=O)CN1CCC(N2CCCCC2)CC1. The van der Waals surface area contributed by atoms with Crippen LogP contribution < -0.4 is 5.32 Å². The molecule has 2 amide bonds. The molecule has 2 saturated heterocycles. The second-order valence-electron chi connectivity index (χ2n) is 11.4. The summed E-state index contributed by atoms with van der Waals surface area (Å²) in [6.07, 6.45) is 8.62. The van der Waals surface area contributed by atoms with Crippen LogP contribution in [0.15, 0.2) is 54.7 Å². The van der Waals surface area contributed by atoms with E-state index in [1.807, 2.05) is 43.6 Å². The Bertz CT molecular complexity index is 1260. The number of amides is 2. The molecular weight excluding hydrogens is 486 g/mol. The van der Waals surface area contributed by atoms with Crippen molar-refractivity contribution in [3.8, 4) is 0 Å². The van der Waals surface area contributed by atoms with Crippen molar-refractivity contribution in [3.05, 3.63) is 71.4 Å². The fraction of sp³-hybridized carbons (Fsp3) is 0.500. The summed E-state index contributed by atoms with van der Waals surface area (Å²) in [7, 11) is 1.83. The predicted octanol–water partition coefficient (Wildman–Crippen LogP) is 4.11. The molecule has 0 spiro atoms. The molecule has 5 rings (SSSR count). The molecule has 39 heavy (non-hydrogen) atoms. The average Bonchev–Trinajstić information content (AvgIpc) is 3.37. The highest BCUT2D eigenvalue weighted by atomic mass is 16.2. The number of aromatic nitrogens is 1. The van der Waals surface area contributed by atoms with Gasteiger partial charge in [0.25, 0.3) is 0 Å². The van der Waals surface area contributed by atoms with Crippen molar-refractivity contribution in [1.82, 2.24) is 25.0 Å². The number of H-pyrrole nitrogens is 1. The summed E-state index contributed by atoms with van der Waals surface area (Å²) >= 11 is 0. The largest absolute Gasteiger partial charge is 0.361 e. The van der Waals surface area contributed by atoms with E-state index in [-0.39, 0.29) is 11.8 Å². The number of carbonyl (C=O) groups excluding carboxylic acids is 2. The minimum atomic E-state index is -0.628. The normalized spacial score (nSPS) is 18.2. The number of benzene rings is 2. The lowest BCUT2D eigenvalue weighted by atomic mass is 10.00. The minimum absolute atomic E-state index is 0.0688. The molecule has 2 fully saturated rings. The van der Waals surface area contributed by atoms with Crippen molar-refractivity contribution in [1.29, 1.82) is 0 Å². The molecule has 1 atom stereocenters. The van der Waals surface area contributed by atoms with Crippen molar-refractivity contribution in [3.63, 3.8) is 0 Å². The van der Waals surface area contributed by atoms with Gasteiger partial charge in [-0.1, -0.05) is 48.9 Å².